The lowest BCUT2D eigenvalue weighted by atomic mass is 9.89. The predicted octanol–water partition coefficient (Wildman–Crippen LogP) is 3.37. The fourth-order valence-electron chi connectivity index (χ4n) is 2.33. The Morgan fingerprint density at radius 3 is 2.29 bits per heavy atom. The highest BCUT2D eigenvalue weighted by Crippen LogP contribution is 2.28. The van der Waals surface area contributed by atoms with Gasteiger partial charge < -0.3 is 11.1 Å². The quantitative estimate of drug-likeness (QED) is 0.883. The molecular weight excluding hydrogens is 260 g/mol. The van der Waals surface area contributed by atoms with Crippen molar-refractivity contribution in [3.63, 3.8) is 0 Å². The average Bonchev–Trinajstić information content (AvgIpc) is 2.49. The molecule has 1 atom stereocenters. The number of anilines is 1. The largest absolute Gasteiger partial charge is 0.368 e. The lowest BCUT2D eigenvalue weighted by Crippen LogP contribution is -2.45. The third-order valence-electron chi connectivity index (χ3n) is 3.96. The van der Waals surface area contributed by atoms with E-state index in [4.69, 9.17) is 5.73 Å². The van der Waals surface area contributed by atoms with Crippen LogP contribution in [0, 0.1) is 6.92 Å². The lowest BCUT2D eigenvalue weighted by molar-refractivity contribution is -0.122. The summed E-state index contributed by atoms with van der Waals surface area (Å²) in [5.41, 5.74) is 8.84. The fourth-order valence-corrected chi connectivity index (χ4v) is 2.33. The van der Waals surface area contributed by atoms with E-state index in [1.807, 2.05) is 62.4 Å². The number of primary amides is 1. The lowest BCUT2D eigenvalue weighted by Gasteiger charge is -2.30. The summed E-state index contributed by atoms with van der Waals surface area (Å²) in [6.45, 7) is 5.93. The van der Waals surface area contributed by atoms with E-state index in [0.717, 1.165) is 23.2 Å². The minimum atomic E-state index is -0.932. The number of nitrogens with one attached hydrogen (secondary N) is 1. The van der Waals surface area contributed by atoms with Crippen LogP contribution in [0.3, 0.4) is 0 Å². The average molecular weight is 282 g/mol. The molecule has 0 spiro atoms. The van der Waals surface area contributed by atoms with Crippen LogP contribution in [0.5, 0.6) is 0 Å². The molecule has 2 aromatic rings. The van der Waals surface area contributed by atoms with Gasteiger partial charge >= 0.3 is 0 Å². The summed E-state index contributed by atoms with van der Waals surface area (Å²) in [5, 5.41) is 3.30. The second-order valence-electron chi connectivity index (χ2n) is 5.48. The minimum Gasteiger partial charge on any atom is -0.368 e. The van der Waals surface area contributed by atoms with Gasteiger partial charge in [0.15, 0.2) is 0 Å². The van der Waals surface area contributed by atoms with Gasteiger partial charge in [0, 0.05) is 5.69 Å². The van der Waals surface area contributed by atoms with Crippen LogP contribution in [0.25, 0.3) is 0 Å². The molecule has 0 fully saturated rings. The molecule has 21 heavy (non-hydrogen) atoms. The first kappa shape index (κ1) is 15.1. The monoisotopic (exact) mass is 282 g/mol. The van der Waals surface area contributed by atoms with Crippen molar-refractivity contribution >= 4 is 11.6 Å². The Morgan fingerprint density at radius 1 is 1.14 bits per heavy atom. The topological polar surface area (TPSA) is 55.1 Å². The van der Waals surface area contributed by atoms with Crippen LogP contribution in [0.15, 0.2) is 48.5 Å². The number of hydrogen-bond acceptors (Lipinski definition) is 2. The summed E-state index contributed by atoms with van der Waals surface area (Å²) < 4.78 is 0. The normalized spacial score (nSPS) is 13.5. The third-order valence-corrected chi connectivity index (χ3v) is 3.96. The van der Waals surface area contributed by atoms with E-state index in [2.05, 4.69) is 12.2 Å². The Balaban J connectivity index is 2.40. The highest BCUT2D eigenvalue weighted by Gasteiger charge is 2.33. The minimum absolute atomic E-state index is 0.394. The molecule has 1 amide bonds. The smallest absolute Gasteiger partial charge is 0.247 e. The fraction of sp³-hybridized carbons (Fsp3) is 0.278. The standard InChI is InChI=1S/C18H22N2O/c1-4-14-9-11-15(12-10-14)18(3,17(19)21)20-16-8-6-5-7-13(16)2/h5-12,20H,4H2,1-3H3,(H2,19,21). The Labute approximate surface area is 126 Å². The number of para-hydroxylation sites is 1. The van der Waals surface area contributed by atoms with Gasteiger partial charge in [-0.3, -0.25) is 4.79 Å². The molecule has 0 radical (unpaired) electrons. The number of amides is 1. The van der Waals surface area contributed by atoms with Gasteiger partial charge in [-0.05, 0) is 43.0 Å². The highest BCUT2D eigenvalue weighted by atomic mass is 16.1. The van der Waals surface area contributed by atoms with Crippen molar-refractivity contribution in [2.45, 2.75) is 32.7 Å². The van der Waals surface area contributed by atoms with E-state index in [1.165, 1.54) is 5.56 Å². The van der Waals surface area contributed by atoms with E-state index in [1.54, 1.807) is 0 Å². The molecule has 110 valence electrons. The zero-order valence-electron chi connectivity index (χ0n) is 12.8. The Morgan fingerprint density at radius 2 is 1.76 bits per heavy atom. The number of nitrogens with two attached hydrogens (primary N) is 1. The van der Waals surface area contributed by atoms with Crippen LogP contribution >= 0.6 is 0 Å². The molecule has 3 N–H and O–H groups in total. The summed E-state index contributed by atoms with van der Waals surface area (Å²) in [6, 6.07) is 15.9. The summed E-state index contributed by atoms with van der Waals surface area (Å²) in [6.07, 6.45) is 0.971. The summed E-state index contributed by atoms with van der Waals surface area (Å²) >= 11 is 0. The Hall–Kier alpha value is -2.29. The molecule has 0 aliphatic rings. The van der Waals surface area contributed by atoms with Gasteiger partial charge in [-0.1, -0.05) is 49.4 Å². The van der Waals surface area contributed by atoms with Crippen molar-refractivity contribution in [1.82, 2.24) is 0 Å². The van der Waals surface area contributed by atoms with E-state index in [-0.39, 0.29) is 0 Å². The molecule has 2 aromatic carbocycles. The molecule has 3 heteroatoms. The van der Waals surface area contributed by atoms with E-state index < -0.39 is 11.4 Å². The maximum atomic E-state index is 12.1. The van der Waals surface area contributed by atoms with Gasteiger partial charge in [0.05, 0.1) is 0 Å². The van der Waals surface area contributed by atoms with Crippen molar-refractivity contribution < 1.29 is 4.79 Å². The van der Waals surface area contributed by atoms with E-state index in [0.29, 0.717) is 0 Å². The zero-order chi connectivity index (χ0) is 15.5. The molecule has 0 saturated heterocycles. The molecule has 2 rings (SSSR count). The van der Waals surface area contributed by atoms with Crippen molar-refractivity contribution in [3.8, 4) is 0 Å². The van der Waals surface area contributed by atoms with E-state index >= 15 is 0 Å². The van der Waals surface area contributed by atoms with Crippen molar-refractivity contribution in [2.24, 2.45) is 5.73 Å². The van der Waals surface area contributed by atoms with Gasteiger partial charge in [0.25, 0.3) is 0 Å². The van der Waals surface area contributed by atoms with E-state index in [9.17, 15) is 4.79 Å². The molecule has 0 heterocycles. The van der Waals surface area contributed by atoms with Crippen LogP contribution < -0.4 is 11.1 Å². The summed E-state index contributed by atoms with van der Waals surface area (Å²) in [4.78, 5) is 12.1. The summed E-state index contributed by atoms with van der Waals surface area (Å²) in [5.74, 6) is -0.394. The number of carbonyl (C=O) groups is 1. The van der Waals surface area contributed by atoms with Crippen LogP contribution in [0.1, 0.15) is 30.5 Å². The number of rotatable bonds is 5. The Kier molecular flexibility index (Phi) is 4.32. The number of hydrogen-bond donors (Lipinski definition) is 2. The molecule has 0 aromatic heterocycles. The number of carbonyl (C=O) groups excluding carboxylic acids is 1. The number of benzene rings is 2. The molecule has 0 saturated carbocycles. The third kappa shape index (κ3) is 3.07. The summed E-state index contributed by atoms with van der Waals surface area (Å²) in [7, 11) is 0. The van der Waals surface area contributed by atoms with Gasteiger partial charge in [0.2, 0.25) is 5.91 Å². The van der Waals surface area contributed by atoms with Crippen LogP contribution in [-0.4, -0.2) is 5.91 Å². The molecule has 3 nitrogen and oxygen atoms in total. The van der Waals surface area contributed by atoms with Gasteiger partial charge in [0.1, 0.15) is 5.54 Å². The second-order valence-corrected chi connectivity index (χ2v) is 5.48. The van der Waals surface area contributed by atoms with Crippen LogP contribution in [-0.2, 0) is 16.8 Å². The van der Waals surface area contributed by atoms with Gasteiger partial charge in [-0.2, -0.15) is 0 Å². The first-order chi connectivity index (χ1) is 9.97. The van der Waals surface area contributed by atoms with Crippen molar-refractivity contribution in [1.29, 1.82) is 0 Å². The highest BCUT2D eigenvalue weighted by molar-refractivity contribution is 5.89. The molecule has 0 aliphatic carbocycles. The zero-order valence-corrected chi connectivity index (χ0v) is 12.8. The van der Waals surface area contributed by atoms with Crippen molar-refractivity contribution in [3.05, 3.63) is 65.2 Å². The van der Waals surface area contributed by atoms with Gasteiger partial charge in [-0.25, -0.2) is 0 Å². The first-order valence-corrected chi connectivity index (χ1v) is 7.20. The Bertz CT molecular complexity index is 634. The maximum absolute atomic E-state index is 12.1. The van der Waals surface area contributed by atoms with Crippen molar-refractivity contribution in [2.75, 3.05) is 5.32 Å². The molecule has 1 unspecified atom stereocenters. The molecular formula is C18H22N2O. The van der Waals surface area contributed by atoms with Crippen LogP contribution in [0.4, 0.5) is 5.69 Å². The number of aryl methyl sites for hydroxylation is 2. The SMILES string of the molecule is CCc1ccc(C(C)(Nc2ccccc2C)C(N)=O)cc1. The molecule has 0 aliphatic heterocycles. The van der Waals surface area contributed by atoms with Crippen LogP contribution in [0.2, 0.25) is 0 Å². The molecule has 0 bridgehead atoms. The first-order valence-electron chi connectivity index (χ1n) is 7.20. The second kappa shape index (κ2) is 6.00. The predicted molar refractivity (Wildman–Crippen MR) is 87.2 cm³/mol. The van der Waals surface area contributed by atoms with Gasteiger partial charge in [-0.15, -0.1) is 0 Å². The maximum Gasteiger partial charge on any atom is 0.247 e.